The molecule has 0 saturated heterocycles. The number of hydrogen-bond donors (Lipinski definition) is 2. The van der Waals surface area contributed by atoms with E-state index in [1.54, 1.807) is 0 Å². The molecule has 1 aromatic carbocycles. The quantitative estimate of drug-likeness (QED) is 0.600. The average Bonchev–Trinajstić information content (AvgIpc) is 2.26. The van der Waals surface area contributed by atoms with Crippen LogP contribution in [0.1, 0.15) is 31.9 Å². The summed E-state index contributed by atoms with van der Waals surface area (Å²) in [5.74, 6) is 5.69. The third kappa shape index (κ3) is 2.16. The number of nitrogens with one attached hydrogen (secondary N) is 1. The molecular weight excluding hydrogens is 229 g/mol. The first-order valence-electron chi connectivity index (χ1n) is 5.91. The summed E-state index contributed by atoms with van der Waals surface area (Å²) in [6.45, 7) is 8.09. The molecule has 2 aromatic rings. The van der Waals surface area contributed by atoms with Crippen molar-refractivity contribution in [2.45, 2.75) is 33.1 Å². The van der Waals surface area contributed by atoms with Gasteiger partial charge in [0.25, 0.3) is 0 Å². The van der Waals surface area contributed by atoms with Crippen LogP contribution in [0.3, 0.4) is 0 Å². The summed E-state index contributed by atoms with van der Waals surface area (Å²) in [4.78, 5) is 4.29. The summed E-state index contributed by atoms with van der Waals surface area (Å²) < 4.78 is 13.9. The van der Waals surface area contributed by atoms with E-state index in [1.807, 2.05) is 19.1 Å². The highest BCUT2D eigenvalue weighted by Crippen LogP contribution is 2.31. The number of pyridine rings is 1. The molecule has 0 aliphatic carbocycles. The van der Waals surface area contributed by atoms with E-state index in [2.05, 4.69) is 31.2 Å². The highest BCUT2D eigenvalue weighted by molar-refractivity contribution is 5.83. The summed E-state index contributed by atoms with van der Waals surface area (Å²) >= 11 is 0. The Bertz CT molecular complexity index is 600. The van der Waals surface area contributed by atoms with Gasteiger partial charge in [-0.25, -0.2) is 15.2 Å². The standard InChI is InChI=1S/C14H18FN3/c1-8-5-9-7-10(14(2,3)4)13(18-16)17-12(9)11(15)6-8/h5-7H,16H2,1-4H3,(H,17,18). The normalized spacial score (nSPS) is 11.9. The lowest BCUT2D eigenvalue weighted by Gasteiger charge is -2.22. The van der Waals surface area contributed by atoms with Crippen molar-refractivity contribution in [2.75, 3.05) is 5.43 Å². The molecular formula is C14H18FN3. The Morgan fingerprint density at radius 3 is 2.44 bits per heavy atom. The van der Waals surface area contributed by atoms with Gasteiger partial charge in [-0.3, -0.25) is 0 Å². The van der Waals surface area contributed by atoms with Crippen LogP contribution in [0.25, 0.3) is 10.9 Å². The number of fused-ring (bicyclic) bond motifs is 1. The first-order chi connectivity index (χ1) is 8.32. The van der Waals surface area contributed by atoms with E-state index in [0.29, 0.717) is 11.3 Å². The molecule has 0 aliphatic rings. The Balaban J connectivity index is 2.81. The zero-order chi connectivity index (χ0) is 13.5. The first kappa shape index (κ1) is 12.8. The SMILES string of the molecule is Cc1cc(F)c2nc(NN)c(C(C)(C)C)cc2c1. The van der Waals surface area contributed by atoms with Crippen LogP contribution in [-0.2, 0) is 5.41 Å². The van der Waals surface area contributed by atoms with E-state index in [-0.39, 0.29) is 11.2 Å². The second kappa shape index (κ2) is 4.21. The minimum Gasteiger partial charge on any atom is -0.308 e. The Hall–Kier alpha value is -1.68. The molecule has 0 spiro atoms. The summed E-state index contributed by atoms with van der Waals surface area (Å²) in [6, 6.07) is 5.36. The van der Waals surface area contributed by atoms with Gasteiger partial charge < -0.3 is 5.43 Å². The van der Waals surface area contributed by atoms with Crippen LogP contribution in [0.15, 0.2) is 18.2 Å². The molecule has 0 aliphatic heterocycles. The summed E-state index contributed by atoms with van der Waals surface area (Å²) in [7, 11) is 0. The Morgan fingerprint density at radius 2 is 1.89 bits per heavy atom. The maximum absolute atomic E-state index is 13.9. The van der Waals surface area contributed by atoms with Gasteiger partial charge in [0.1, 0.15) is 17.2 Å². The van der Waals surface area contributed by atoms with Crippen molar-refractivity contribution in [1.29, 1.82) is 0 Å². The number of rotatable bonds is 1. The number of nitrogen functional groups attached to an aromatic ring is 1. The molecule has 1 aromatic heterocycles. The largest absolute Gasteiger partial charge is 0.308 e. The van der Waals surface area contributed by atoms with Gasteiger partial charge >= 0.3 is 0 Å². The Labute approximate surface area is 106 Å². The molecule has 0 unspecified atom stereocenters. The zero-order valence-electron chi connectivity index (χ0n) is 11.1. The molecule has 3 N–H and O–H groups in total. The molecule has 0 fully saturated rings. The number of benzene rings is 1. The van der Waals surface area contributed by atoms with Crippen molar-refractivity contribution in [1.82, 2.24) is 4.98 Å². The average molecular weight is 247 g/mol. The third-order valence-electron chi connectivity index (χ3n) is 2.96. The number of anilines is 1. The molecule has 18 heavy (non-hydrogen) atoms. The summed E-state index contributed by atoms with van der Waals surface area (Å²) in [5.41, 5.74) is 4.66. The monoisotopic (exact) mass is 247 g/mol. The zero-order valence-corrected chi connectivity index (χ0v) is 11.1. The Kier molecular flexibility index (Phi) is 2.99. The fourth-order valence-electron chi connectivity index (χ4n) is 2.07. The lowest BCUT2D eigenvalue weighted by molar-refractivity contribution is 0.589. The molecule has 0 bridgehead atoms. The van der Waals surface area contributed by atoms with E-state index in [0.717, 1.165) is 16.5 Å². The second-order valence-corrected chi connectivity index (χ2v) is 5.60. The minimum absolute atomic E-state index is 0.108. The predicted molar refractivity (Wildman–Crippen MR) is 72.9 cm³/mol. The summed E-state index contributed by atoms with van der Waals surface area (Å²) in [5, 5.41) is 0.802. The van der Waals surface area contributed by atoms with E-state index in [1.165, 1.54) is 6.07 Å². The van der Waals surface area contributed by atoms with Crippen molar-refractivity contribution in [2.24, 2.45) is 5.84 Å². The van der Waals surface area contributed by atoms with E-state index >= 15 is 0 Å². The number of aromatic nitrogens is 1. The molecule has 4 heteroatoms. The van der Waals surface area contributed by atoms with Gasteiger partial charge in [-0.05, 0) is 36.1 Å². The van der Waals surface area contributed by atoms with Crippen LogP contribution in [0.2, 0.25) is 0 Å². The molecule has 3 nitrogen and oxygen atoms in total. The maximum atomic E-state index is 13.9. The highest BCUT2D eigenvalue weighted by atomic mass is 19.1. The smallest absolute Gasteiger partial charge is 0.149 e. The molecule has 96 valence electrons. The number of aryl methyl sites for hydroxylation is 1. The highest BCUT2D eigenvalue weighted by Gasteiger charge is 2.20. The van der Waals surface area contributed by atoms with Gasteiger partial charge in [-0.1, -0.05) is 20.8 Å². The number of hydrogen-bond acceptors (Lipinski definition) is 3. The fraction of sp³-hybridized carbons (Fsp3) is 0.357. The maximum Gasteiger partial charge on any atom is 0.149 e. The topological polar surface area (TPSA) is 50.9 Å². The number of nitrogens with two attached hydrogens (primary N) is 1. The molecule has 0 radical (unpaired) electrons. The van der Waals surface area contributed by atoms with Crippen molar-refractivity contribution < 1.29 is 4.39 Å². The van der Waals surface area contributed by atoms with Crippen molar-refractivity contribution in [3.63, 3.8) is 0 Å². The van der Waals surface area contributed by atoms with Gasteiger partial charge in [0.05, 0.1) is 0 Å². The van der Waals surface area contributed by atoms with Gasteiger partial charge in [0.15, 0.2) is 0 Å². The third-order valence-corrected chi connectivity index (χ3v) is 2.96. The van der Waals surface area contributed by atoms with Crippen molar-refractivity contribution >= 4 is 16.7 Å². The van der Waals surface area contributed by atoms with Crippen LogP contribution in [0.5, 0.6) is 0 Å². The van der Waals surface area contributed by atoms with Crippen LogP contribution >= 0.6 is 0 Å². The van der Waals surface area contributed by atoms with Crippen LogP contribution < -0.4 is 11.3 Å². The summed E-state index contributed by atoms with van der Waals surface area (Å²) in [6.07, 6.45) is 0. The van der Waals surface area contributed by atoms with Gasteiger partial charge in [-0.15, -0.1) is 0 Å². The van der Waals surface area contributed by atoms with Crippen molar-refractivity contribution in [3.8, 4) is 0 Å². The molecule has 0 amide bonds. The molecule has 1 heterocycles. The minimum atomic E-state index is -0.318. The second-order valence-electron chi connectivity index (χ2n) is 5.60. The number of hydrazine groups is 1. The van der Waals surface area contributed by atoms with Gasteiger partial charge in [-0.2, -0.15) is 0 Å². The van der Waals surface area contributed by atoms with E-state index < -0.39 is 0 Å². The van der Waals surface area contributed by atoms with Crippen LogP contribution in [0.4, 0.5) is 10.2 Å². The van der Waals surface area contributed by atoms with Crippen molar-refractivity contribution in [3.05, 3.63) is 35.1 Å². The molecule has 0 saturated carbocycles. The first-order valence-corrected chi connectivity index (χ1v) is 5.91. The lowest BCUT2D eigenvalue weighted by Crippen LogP contribution is -2.19. The van der Waals surface area contributed by atoms with Gasteiger partial charge in [0, 0.05) is 10.9 Å². The fourth-order valence-corrected chi connectivity index (χ4v) is 2.07. The van der Waals surface area contributed by atoms with Crippen LogP contribution in [-0.4, -0.2) is 4.98 Å². The predicted octanol–water partition coefficient (Wildman–Crippen LogP) is 3.27. The van der Waals surface area contributed by atoms with Gasteiger partial charge in [0.2, 0.25) is 0 Å². The Morgan fingerprint density at radius 1 is 1.22 bits per heavy atom. The number of halogens is 1. The lowest BCUT2D eigenvalue weighted by atomic mass is 9.86. The molecule has 2 rings (SSSR count). The van der Waals surface area contributed by atoms with E-state index in [4.69, 9.17) is 5.84 Å². The molecule has 0 atom stereocenters. The van der Waals surface area contributed by atoms with Crippen LogP contribution in [0, 0.1) is 12.7 Å². The number of nitrogens with zero attached hydrogens (tertiary/aromatic N) is 1. The van der Waals surface area contributed by atoms with E-state index in [9.17, 15) is 4.39 Å².